The molecule has 1 aromatic heterocycles. The Morgan fingerprint density at radius 2 is 1.74 bits per heavy atom. The number of rotatable bonds is 8. The van der Waals surface area contributed by atoms with E-state index in [4.69, 9.17) is 9.47 Å². The molecule has 10 nitrogen and oxygen atoms in total. The van der Waals surface area contributed by atoms with E-state index in [9.17, 15) is 18.0 Å². The van der Waals surface area contributed by atoms with Crippen LogP contribution in [0.4, 0.5) is 5.69 Å². The van der Waals surface area contributed by atoms with E-state index in [2.05, 4.69) is 4.98 Å². The first kappa shape index (κ1) is 26.5. The van der Waals surface area contributed by atoms with Crippen molar-refractivity contribution in [3.63, 3.8) is 0 Å². The largest absolute Gasteiger partial charge is 0.374 e. The third kappa shape index (κ3) is 3.53. The molecular weight excluding hydrogens is 561 g/mol. The van der Waals surface area contributed by atoms with Crippen molar-refractivity contribution >= 4 is 62.8 Å². The van der Waals surface area contributed by atoms with E-state index < -0.39 is 32.7 Å². The monoisotopic (exact) mass is 588 g/mol. The Bertz CT molecular complexity index is 1540. The van der Waals surface area contributed by atoms with Crippen LogP contribution in [-0.4, -0.2) is 84.6 Å². The number of hydrogen-bond acceptors (Lipinski definition) is 8. The van der Waals surface area contributed by atoms with E-state index in [0.29, 0.717) is 5.69 Å². The van der Waals surface area contributed by atoms with E-state index in [1.807, 2.05) is 42.6 Å². The van der Waals surface area contributed by atoms with Crippen molar-refractivity contribution in [1.29, 1.82) is 0 Å². The van der Waals surface area contributed by atoms with Crippen LogP contribution in [-0.2, 0) is 35.4 Å². The zero-order chi connectivity index (χ0) is 27.5. The molecule has 39 heavy (non-hydrogen) atoms. The van der Waals surface area contributed by atoms with Gasteiger partial charge < -0.3 is 19.4 Å². The summed E-state index contributed by atoms with van der Waals surface area (Å²) in [6.45, 7) is 0. The number of amides is 2. The molecule has 2 aromatic carbocycles. The Morgan fingerprint density at radius 3 is 2.49 bits per heavy atom. The quantitative estimate of drug-likeness (QED) is 0.305. The van der Waals surface area contributed by atoms with Gasteiger partial charge in [0, 0.05) is 44.8 Å². The van der Waals surface area contributed by atoms with Crippen molar-refractivity contribution in [2.45, 2.75) is 28.2 Å². The van der Waals surface area contributed by atoms with Crippen LogP contribution >= 0.6 is 23.5 Å². The Balaban J connectivity index is 1.68. The molecule has 1 N–H and O–H groups in total. The molecule has 3 aromatic rings. The number of anilines is 1. The van der Waals surface area contributed by atoms with Gasteiger partial charge in [0.1, 0.15) is 6.17 Å². The first-order valence-electron chi connectivity index (χ1n) is 12.3. The van der Waals surface area contributed by atoms with Crippen molar-refractivity contribution in [3.05, 3.63) is 65.9 Å². The molecule has 4 atom stereocenters. The van der Waals surface area contributed by atoms with E-state index in [-0.39, 0.29) is 30.1 Å². The molecule has 2 fully saturated rings. The summed E-state index contributed by atoms with van der Waals surface area (Å²) < 4.78 is 38.0. The highest BCUT2D eigenvalue weighted by molar-refractivity contribution is 8.01. The zero-order valence-corrected chi connectivity index (χ0v) is 24.1. The predicted molar refractivity (Wildman–Crippen MR) is 152 cm³/mol. The molecule has 13 heteroatoms. The van der Waals surface area contributed by atoms with Gasteiger partial charge in [-0.05, 0) is 23.3 Å². The number of H-pyrrole nitrogens is 1. The lowest BCUT2D eigenvalue weighted by molar-refractivity contribution is -0.157. The Hall–Kier alpha value is -2.71. The molecule has 0 unspecified atom stereocenters. The number of carbonyl (C=O) groups excluding carboxylic acids is 2. The van der Waals surface area contributed by atoms with Gasteiger partial charge in [0.2, 0.25) is 10.9 Å². The number of carbonyl (C=O) groups is 2. The smallest absolute Gasteiger partial charge is 0.260 e. The van der Waals surface area contributed by atoms with Crippen molar-refractivity contribution in [2.24, 2.45) is 0 Å². The van der Waals surface area contributed by atoms with Gasteiger partial charge in [0.25, 0.3) is 11.8 Å². The second-order valence-corrected chi connectivity index (χ2v) is 12.9. The van der Waals surface area contributed by atoms with Crippen LogP contribution in [0.5, 0.6) is 0 Å². The average molecular weight is 589 g/mol. The Morgan fingerprint density at radius 1 is 1.03 bits per heavy atom. The molecule has 206 valence electrons. The summed E-state index contributed by atoms with van der Waals surface area (Å²) in [6, 6.07) is 15.1. The minimum absolute atomic E-state index is 0.140. The number of ether oxygens (including phenoxy) is 2. The van der Waals surface area contributed by atoms with Crippen molar-refractivity contribution in [3.8, 4) is 0 Å². The number of piperazine rings is 1. The number of methoxy groups -OCH3 is 2. The maximum atomic E-state index is 14.4. The third-order valence-electron chi connectivity index (χ3n) is 7.92. The lowest BCUT2D eigenvalue weighted by atomic mass is 9.72. The summed E-state index contributed by atoms with van der Waals surface area (Å²) in [4.78, 5) is 33.7. The fourth-order valence-corrected chi connectivity index (χ4v) is 9.41. The second kappa shape index (κ2) is 9.73. The average Bonchev–Trinajstić information content (AvgIpc) is 3.58. The molecule has 0 aliphatic carbocycles. The number of thioether (sulfide) groups is 2. The van der Waals surface area contributed by atoms with Gasteiger partial charge in [-0.1, -0.05) is 59.9 Å². The molecule has 0 spiro atoms. The van der Waals surface area contributed by atoms with Gasteiger partial charge in [-0.15, -0.1) is 0 Å². The molecule has 6 rings (SSSR count). The summed E-state index contributed by atoms with van der Waals surface area (Å²) in [7, 11) is 1.50. The van der Waals surface area contributed by atoms with E-state index >= 15 is 0 Å². The minimum atomic E-state index is -3.18. The third-order valence-corrected chi connectivity index (χ3v) is 11.3. The number of thiol groups is 1. The normalized spacial score (nSPS) is 27.9. The van der Waals surface area contributed by atoms with Crippen LogP contribution < -0.4 is 4.31 Å². The van der Waals surface area contributed by atoms with Gasteiger partial charge >= 0.3 is 0 Å². The van der Waals surface area contributed by atoms with Gasteiger partial charge in [-0.3, -0.25) is 14.5 Å². The molecular formula is C26H28N4O6S3. The number of nitrogens with zero attached hydrogens (tertiary/aromatic N) is 3. The summed E-state index contributed by atoms with van der Waals surface area (Å²) >= 11 is 2.41. The first-order valence-corrected chi connectivity index (χ1v) is 15.4. The van der Waals surface area contributed by atoms with Crippen LogP contribution in [0, 0.1) is 0 Å². The molecule has 0 saturated carbocycles. The Kier molecular flexibility index (Phi) is 6.62. The van der Waals surface area contributed by atoms with Gasteiger partial charge in [-0.2, -0.15) is 0 Å². The first-order chi connectivity index (χ1) is 18.8. The summed E-state index contributed by atoms with van der Waals surface area (Å²) in [6.07, 6.45) is 1.07. The number of likely N-dealkylation sites (N-methyl/N-ethyl adjacent to an activating group) is 1. The zero-order valence-electron chi connectivity index (χ0n) is 21.5. The van der Waals surface area contributed by atoms with Gasteiger partial charge in [-0.25, -0.2) is 12.7 Å². The van der Waals surface area contributed by atoms with Crippen LogP contribution in [0.15, 0.2) is 54.7 Å². The van der Waals surface area contributed by atoms with Crippen LogP contribution in [0.2, 0.25) is 0 Å². The maximum Gasteiger partial charge on any atom is 0.260 e. The van der Waals surface area contributed by atoms with E-state index in [1.54, 1.807) is 19.2 Å². The number of aromatic nitrogens is 1. The lowest BCUT2D eigenvalue weighted by Gasteiger charge is -2.49. The summed E-state index contributed by atoms with van der Waals surface area (Å²) in [5.41, 5.74) is 1.96. The number of hydrogen-bond donors (Lipinski definition) is 2. The second-order valence-electron chi connectivity index (χ2n) is 9.75. The predicted octanol–water partition coefficient (Wildman–Crippen LogP) is 2.53. The van der Waals surface area contributed by atoms with Crippen LogP contribution in [0.3, 0.4) is 0 Å². The van der Waals surface area contributed by atoms with E-state index in [0.717, 1.165) is 22.0 Å². The van der Waals surface area contributed by atoms with Crippen molar-refractivity contribution in [1.82, 2.24) is 14.8 Å². The number of nitrogens with one attached hydrogen (secondary N) is 1. The molecule has 3 aliphatic rings. The number of benzene rings is 2. The number of aromatic amines is 1. The molecule has 3 aliphatic heterocycles. The van der Waals surface area contributed by atoms with Gasteiger partial charge in [0.05, 0.1) is 23.0 Å². The number of fused-ring (bicyclic) bond motifs is 6. The highest BCUT2D eigenvalue weighted by Gasteiger charge is 2.74. The Labute approximate surface area is 236 Å². The van der Waals surface area contributed by atoms with Gasteiger partial charge in [0.15, 0.2) is 10.2 Å². The lowest BCUT2D eigenvalue weighted by Crippen LogP contribution is -2.69. The molecule has 0 bridgehead atoms. The molecule has 2 amide bonds. The number of para-hydroxylation sites is 2. The summed E-state index contributed by atoms with van der Waals surface area (Å²) in [5.74, 6) is -0.284. The van der Waals surface area contributed by atoms with E-state index in [1.165, 1.54) is 51.8 Å². The minimum Gasteiger partial charge on any atom is -0.374 e. The SMILES string of the molecule is COCS[C@H]1C(=O)N2[C@H]3N([SH](=O)=O)c4ccccc4[C@@]3(c3c[nH]c4ccccc34)C[C@]2(SCOC)C(=O)N1C. The van der Waals surface area contributed by atoms with Crippen LogP contribution in [0.1, 0.15) is 17.5 Å². The highest BCUT2D eigenvalue weighted by atomic mass is 32.2. The van der Waals surface area contributed by atoms with Crippen molar-refractivity contribution < 1.29 is 27.5 Å². The van der Waals surface area contributed by atoms with Crippen molar-refractivity contribution in [2.75, 3.05) is 37.5 Å². The standard InChI is InChI=1S/C26H28N4O6S3/c1-28-22(37-14-35-2)21(31)29-23-25(13-26(29,24(28)32)38-15-36-3,18-12-27-19-10-6-4-8-16(18)19)17-9-5-7-11-20(17)30(23)39(33)34/h4-12,22-23,27,39H,13-15H2,1-3H3/t22-,23-,25+,26-/m0/s1. The topological polar surface area (TPSA) is 112 Å². The fraction of sp³-hybridized carbons (Fsp3) is 0.385. The molecule has 2 saturated heterocycles. The molecule has 0 radical (unpaired) electrons. The highest BCUT2D eigenvalue weighted by Crippen LogP contribution is 2.65. The summed E-state index contributed by atoms with van der Waals surface area (Å²) in [5, 5.41) is 0.0353. The fourth-order valence-electron chi connectivity index (χ4n) is 6.50. The maximum absolute atomic E-state index is 14.4. The molecule has 4 heterocycles. The van der Waals surface area contributed by atoms with Crippen LogP contribution in [0.25, 0.3) is 10.9 Å².